The number of rotatable bonds is 3. The maximum Gasteiger partial charge on any atom is 0.189 e. The van der Waals surface area contributed by atoms with Crippen LogP contribution < -0.4 is 11.1 Å². The van der Waals surface area contributed by atoms with Crippen molar-refractivity contribution in [3.63, 3.8) is 0 Å². The van der Waals surface area contributed by atoms with Crippen molar-refractivity contribution in [3.8, 4) is 0 Å². The molecule has 1 fully saturated rings. The number of nitrogens with two attached hydrogens (primary N) is 1. The molecule has 18 heavy (non-hydrogen) atoms. The molecule has 0 radical (unpaired) electrons. The van der Waals surface area contributed by atoms with Crippen LogP contribution in [0.4, 0.5) is 4.39 Å². The Morgan fingerprint density at radius 2 is 2.17 bits per heavy atom. The molecule has 1 aromatic carbocycles. The molecule has 5 heteroatoms. The zero-order valence-electron chi connectivity index (χ0n) is 10.1. The molecule has 1 saturated carbocycles. The molecule has 0 bridgehead atoms. The van der Waals surface area contributed by atoms with Gasteiger partial charge in [0.05, 0.1) is 6.54 Å². The number of hydrogen-bond acceptors (Lipinski definition) is 1. The lowest BCUT2D eigenvalue weighted by molar-refractivity contribution is 0.607. The first-order chi connectivity index (χ1) is 8.65. The standard InChI is InChI=1S/C13H17ClFN3/c14-10-6-5-9(12(15)7-10)8-17-13(16)18-11-3-1-2-4-11/h5-7,11H,1-4,8H2,(H3,16,17,18). The van der Waals surface area contributed by atoms with Crippen molar-refractivity contribution in [2.75, 3.05) is 0 Å². The summed E-state index contributed by atoms with van der Waals surface area (Å²) >= 11 is 5.68. The minimum absolute atomic E-state index is 0.231. The molecular weight excluding hydrogens is 253 g/mol. The van der Waals surface area contributed by atoms with Crippen molar-refractivity contribution >= 4 is 17.6 Å². The quantitative estimate of drug-likeness (QED) is 0.655. The van der Waals surface area contributed by atoms with Gasteiger partial charge in [0.25, 0.3) is 0 Å². The number of guanidine groups is 1. The molecule has 0 saturated heterocycles. The molecule has 2 rings (SSSR count). The van der Waals surface area contributed by atoms with Crippen molar-refractivity contribution in [2.45, 2.75) is 38.3 Å². The van der Waals surface area contributed by atoms with Crippen LogP contribution in [0.5, 0.6) is 0 Å². The zero-order valence-corrected chi connectivity index (χ0v) is 10.9. The van der Waals surface area contributed by atoms with Crippen LogP contribution in [0.2, 0.25) is 5.02 Å². The fraction of sp³-hybridized carbons (Fsp3) is 0.462. The van der Waals surface area contributed by atoms with Gasteiger partial charge >= 0.3 is 0 Å². The van der Waals surface area contributed by atoms with Gasteiger partial charge in [-0.1, -0.05) is 30.5 Å². The molecule has 0 amide bonds. The van der Waals surface area contributed by atoms with Gasteiger partial charge in [-0.3, -0.25) is 0 Å². The first-order valence-electron chi connectivity index (χ1n) is 6.15. The molecule has 1 aromatic rings. The molecule has 1 aliphatic carbocycles. The molecule has 0 aromatic heterocycles. The van der Waals surface area contributed by atoms with Crippen molar-refractivity contribution in [3.05, 3.63) is 34.6 Å². The molecule has 0 spiro atoms. The number of benzene rings is 1. The zero-order chi connectivity index (χ0) is 13.0. The Bertz CT molecular complexity index is 442. The lowest BCUT2D eigenvalue weighted by Crippen LogP contribution is -2.38. The van der Waals surface area contributed by atoms with Gasteiger partial charge in [0.15, 0.2) is 5.96 Å². The summed E-state index contributed by atoms with van der Waals surface area (Å²) in [4.78, 5) is 4.15. The lowest BCUT2D eigenvalue weighted by atomic mass is 10.2. The van der Waals surface area contributed by atoms with Gasteiger partial charge in [-0.25, -0.2) is 9.38 Å². The van der Waals surface area contributed by atoms with Crippen molar-refractivity contribution in [2.24, 2.45) is 10.7 Å². The summed E-state index contributed by atoms with van der Waals surface area (Å²) in [5, 5.41) is 3.55. The first kappa shape index (κ1) is 13.1. The van der Waals surface area contributed by atoms with Crippen molar-refractivity contribution in [1.82, 2.24) is 5.32 Å². The third-order valence-corrected chi connectivity index (χ3v) is 3.38. The molecule has 98 valence electrons. The van der Waals surface area contributed by atoms with E-state index in [2.05, 4.69) is 10.3 Å². The van der Waals surface area contributed by atoms with Crippen LogP contribution >= 0.6 is 11.6 Å². The molecule has 1 aliphatic rings. The minimum atomic E-state index is -0.347. The smallest absolute Gasteiger partial charge is 0.189 e. The van der Waals surface area contributed by atoms with E-state index < -0.39 is 0 Å². The van der Waals surface area contributed by atoms with E-state index in [1.807, 2.05) is 0 Å². The second-order valence-electron chi connectivity index (χ2n) is 4.56. The largest absolute Gasteiger partial charge is 0.370 e. The van der Waals surface area contributed by atoms with Crippen LogP contribution in [-0.4, -0.2) is 12.0 Å². The van der Waals surface area contributed by atoms with E-state index >= 15 is 0 Å². The van der Waals surface area contributed by atoms with E-state index in [1.54, 1.807) is 12.1 Å². The molecule has 0 aliphatic heterocycles. The summed E-state index contributed by atoms with van der Waals surface area (Å²) in [6.45, 7) is 0.231. The van der Waals surface area contributed by atoms with Crippen LogP contribution in [-0.2, 0) is 6.54 Å². The molecule has 0 unspecified atom stereocenters. The van der Waals surface area contributed by atoms with Gasteiger partial charge < -0.3 is 11.1 Å². The Kier molecular flexibility index (Phi) is 4.42. The highest BCUT2D eigenvalue weighted by Gasteiger charge is 2.14. The predicted molar refractivity (Wildman–Crippen MR) is 72.1 cm³/mol. The first-order valence-corrected chi connectivity index (χ1v) is 6.53. The number of halogens is 2. The number of hydrogen-bond donors (Lipinski definition) is 2. The van der Waals surface area contributed by atoms with Gasteiger partial charge in [-0.05, 0) is 25.0 Å². The Balaban J connectivity index is 1.92. The highest BCUT2D eigenvalue weighted by atomic mass is 35.5. The lowest BCUT2D eigenvalue weighted by Gasteiger charge is -2.12. The summed E-state index contributed by atoms with van der Waals surface area (Å²) in [7, 11) is 0. The van der Waals surface area contributed by atoms with Crippen LogP contribution in [0.15, 0.2) is 23.2 Å². The second-order valence-corrected chi connectivity index (χ2v) is 5.00. The van der Waals surface area contributed by atoms with Crippen LogP contribution in [0, 0.1) is 5.82 Å². The summed E-state index contributed by atoms with van der Waals surface area (Å²) in [5.41, 5.74) is 6.27. The van der Waals surface area contributed by atoms with Gasteiger partial charge in [0.1, 0.15) is 5.82 Å². The maximum absolute atomic E-state index is 13.5. The average Bonchev–Trinajstić information content (AvgIpc) is 2.80. The van der Waals surface area contributed by atoms with E-state index in [0.29, 0.717) is 22.6 Å². The molecular formula is C13H17ClFN3. The maximum atomic E-state index is 13.5. The van der Waals surface area contributed by atoms with Crippen LogP contribution in [0.1, 0.15) is 31.2 Å². The summed E-state index contributed by atoms with van der Waals surface area (Å²) in [6, 6.07) is 4.98. The molecule has 0 atom stereocenters. The number of nitrogens with zero attached hydrogens (tertiary/aromatic N) is 1. The predicted octanol–water partition coefficient (Wildman–Crippen LogP) is 2.83. The van der Waals surface area contributed by atoms with Gasteiger partial charge in [-0.15, -0.1) is 0 Å². The monoisotopic (exact) mass is 269 g/mol. The van der Waals surface area contributed by atoms with Gasteiger partial charge in [0, 0.05) is 16.6 Å². The normalized spacial score (nSPS) is 17.1. The average molecular weight is 270 g/mol. The fourth-order valence-corrected chi connectivity index (χ4v) is 2.30. The van der Waals surface area contributed by atoms with Gasteiger partial charge in [0.2, 0.25) is 0 Å². The SMILES string of the molecule is NC(=NCc1ccc(Cl)cc1F)NC1CCCC1. The van der Waals surface area contributed by atoms with E-state index in [1.165, 1.54) is 18.9 Å². The van der Waals surface area contributed by atoms with E-state index in [0.717, 1.165) is 12.8 Å². The van der Waals surface area contributed by atoms with Crippen LogP contribution in [0.25, 0.3) is 0 Å². The Labute approximate surface area is 111 Å². The Morgan fingerprint density at radius 3 is 2.83 bits per heavy atom. The summed E-state index contributed by atoms with van der Waals surface area (Å²) in [6.07, 6.45) is 4.73. The molecule has 3 nitrogen and oxygen atoms in total. The fourth-order valence-electron chi connectivity index (χ4n) is 2.15. The van der Waals surface area contributed by atoms with E-state index in [-0.39, 0.29) is 12.4 Å². The Hall–Kier alpha value is -1.29. The third-order valence-electron chi connectivity index (χ3n) is 3.14. The minimum Gasteiger partial charge on any atom is -0.370 e. The summed E-state index contributed by atoms with van der Waals surface area (Å²) < 4.78 is 13.5. The van der Waals surface area contributed by atoms with E-state index in [4.69, 9.17) is 17.3 Å². The number of nitrogens with one attached hydrogen (secondary N) is 1. The number of aliphatic imine (C=N–C) groups is 1. The highest BCUT2D eigenvalue weighted by molar-refractivity contribution is 6.30. The topological polar surface area (TPSA) is 50.4 Å². The van der Waals surface area contributed by atoms with E-state index in [9.17, 15) is 4.39 Å². The summed E-state index contributed by atoms with van der Waals surface area (Å²) in [5.74, 6) is 0.0381. The molecule has 0 heterocycles. The molecule has 3 N–H and O–H groups in total. The van der Waals surface area contributed by atoms with Crippen LogP contribution in [0.3, 0.4) is 0 Å². The van der Waals surface area contributed by atoms with Crippen molar-refractivity contribution < 1.29 is 4.39 Å². The highest BCUT2D eigenvalue weighted by Crippen LogP contribution is 2.17. The second kappa shape index (κ2) is 6.05. The Morgan fingerprint density at radius 1 is 1.44 bits per heavy atom. The van der Waals surface area contributed by atoms with Gasteiger partial charge in [-0.2, -0.15) is 0 Å². The van der Waals surface area contributed by atoms with Crippen molar-refractivity contribution in [1.29, 1.82) is 0 Å². The third kappa shape index (κ3) is 3.60.